The van der Waals surface area contributed by atoms with E-state index < -0.39 is 16.6 Å². The van der Waals surface area contributed by atoms with Crippen LogP contribution in [0, 0.1) is 15.9 Å². The van der Waals surface area contributed by atoms with Crippen molar-refractivity contribution in [3.8, 4) is 5.75 Å². The second kappa shape index (κ2) is 13.9. The number of amidine groups is 1. The Morgan fingerprint density at radius 1 is 1.09 bits per heavy atom. The smallest absolute Gasteiger partial charge is 0.269 e. The summed E-state index contributed by atoms with van der Waals surface area (Å²) in [7, 11) is 0. The number of nitro benzene ring substituents is 1. The number of ether oxygens (including phenoxy) is 1. The van der Waals surface area contributed by atoms with Gasteiger partial charge in [-0.15, -0.1) is 0 Å². The molecule has 0 unspecified atom stereocenters. The largest absolute Gasteiger partial charge is 0.482 e. The van der Waals surface area contributed by atoms with E-state index in [1.165, 1.54) is 60.3 Å². The highest BCUT2D eigenvalue weighted by atomic mass is 35.5. The predicted molar refractivity (Wildman–Crippen MR) is 181 cm³/mol. The van der Waals surface area contributed by atoms with Crippen molar-refractivity contribution in [3.05, 3.63) is 134 Å². The van der Waals surface area contributed by atoms with Crippen LogP contribution in [0.25, 0.3) is 17.0 Å². The van der Waals surface area contributed by atoms with Crippen LogP contribution >= 0.6 is 23.4 Å². The molecule has 0 bridgehead atoms. The number of carbonyl (C=O) groups excluding carboxylic acids is 2. The number of non-ortho nitro benzene ring substituents is 1. The van der Waals surface area contributed by atoms with Gasteiger partial charge in [0.2, 0.25) is 0 Å². The average molecular weight is 670 g/mol. The number of nitrogens with zero attached hydrogens (tertiary/aromatic N) is 3. The summed E-state index contributed by atoms with van der Waals surface area (Å²) < 4.78 is 18.7. The molecule has 1 aromatic heterocycles. The summed E-state index contributed by atoms with van der Waals surface area (Å²) >= 11 is 7.65. The topological polar surface area (TPSA) is 130 Å². The number of aliphatic imine (C=N–C) groups is 1. The number of halogens is 2. The summed E-state index contributed by atoms with van der Waals surface area (Å²) in [5.74, 6) is -0.831. The first-order valence-corrected chi connectivity index (χ1v) is 15.5. The summed E-state index contributed by atoms with van der Waals surface area (Å²) in [5, 5.41) is 15.5. The lowest BCUT2D eigenvalue weighted by molar-refractivity contribution is -0.384. The van der Waals surface area contributed by atoms with Crippen molar-refractivity contribution in [1.82, 2.24) is 9.88 Å². The van der Waals surface area contributed by atoms with E-state index in [9.17, 15) is 24.1 Å². The van der Waals surface area contributed by atoms with Crippen LogP contribution in [0.4, 0.5) is 21.5 Å². The van der Waals surface area contributed by atoms with Gasteiger partial charge < -0.3 is 15.0 Å². The number of hydrogen-bond donors (Lipinski definition) is 2. The average Bonchev–Trinajstić information content (AvgIpc) is 3.60. The molecule has 1 aliphatic heterocycles. The number of carbonyl (C=O) groups is 2. The molecule has 5 aromatic rings. The summed E-state index contributed by atoms with van der Waals surface area (Å²) in [6.45, 7) is 0.0318. The molecule has 2 N–H and O–H groups in total. The van der Waals surface area contributed by atoms with Crippen LogP contribution < -0.4 is 10.1 Å². The highest BCUT2D eigenvalue weighted by molar-refractivity contribution is 8.18. The molecule has 1 fully saturated rings. The van der Waals surface area contributed by atoms with E-state index in [-0.39, 0.29) is 29.0 Å². The van der Waals surface area contributed by atoms with Gasteiger partial charge in [0.05, 0.1) is 20.5 Å². The first kappa shape index (κ1) is 31.5. The molecule has 47 heavy (non-hydrogen) atoms. The van der Waals surface area contributed by atoms with Crippen molar-refractivity contribution < 1.29 is 23.6 Å². The molecule has 2 heterocycles. The number of amides is 2. The SMILES string of the molecule is O=C(COc1ccc(/C=C2\SC(=Nc3ccc([N+](=O)[O-])cc3)N(CCc3c[nH]c4ccccc34)C2=O)cc1Cl)Nc1ccc(F)cc1. The Morgan fingerprint density at radius 3 is 2.60 bits per heavy atom. The molecule has 1 aliphatic rings. The van der Waals surface area contributed by atoms with Crippen LogP contribution in [0.15, 0.2) is 107 Å². The van der Waals surface area contributed by atoms with Gasteiger partial charge >= 0.3 is 0 Å². The van der Waals surface area contributed by atoms with Crippen LogP contribution in [-0.4, -0.2) is 44.9 Å². The molecule has 2 amide bonds. The maximum atomic E-state index is 13.7. The van der Waals surface area contributed by atoms with E-state index in [1.807, 2.05) is 30.5 Å². The van der Waals surface area contributed by atoms with Gasteiger partial charge in [0, 0.05) is 41.5 Å². The molecule has 0 radical (unpaired) electrons. The third-order valence-electron chi connectivity index (χ3n) is 7.19. The predicted octanol–water partition coefficient (Wildman–Crippen LogP) is 7.73. The fourth-order valence-electron chi connectivity index (χ4n) is 4.87. The quantitative estimate of drug-likeness (QED) is 0.0889. The van der Waals surface area contributed by atoms with E-state index in [0.29, 0.717) is 40.0 Å². The van der Waals surface area contributed by atoms with Crippen LogP contribution in [-0.2, 0) is 16.0 Å². The van der Waals surface area contributed by atoms with Crippen LogP contribution in [0.1, 0.15) is 11.1 Å². The van der Waals surface area contributed by atoms with Gasteiger partial charge in [0.15, 0.2) is 11.8 Å². The number of aromatic amines is 1. The normalized spacial score (nSPS) is 14.7. The molecule has 13 heteroatoms. The lowest BCUT2D eigenvalue weighted by Gasteiger charge is -2.15. The van der Waals surface area contributed by atoms with E-state index in [4.69, 9.17) is 16.3 Å². The van der Waals surface area contributed by atoms with Gasteiger partial charge in [-0.3, -0.25) is 24.6 Å². The zero-order valence-corrected chi connectivity index (χ0v) is 26.1. The van der Waals surface area contributed by atoms with E-state index in [2.05, 4.69) is 15.3 Å². The van der Waals surface area contributed by atoms with E-state index in [1.54, 1.807) is 29.2 Å². The van der Waals surface area contributed by atoms with Crippen LogP contribution in [0.5, 0.6) is 5.75 Å². The zero-order chi connectivity index (χ0) is 32.9. The molecular weight excluding hydrogens is 645 g/mol. The lowest BCUT2D eigenvalue weighted by atomic mass is 10.1. The summed E-state index contributed by atoms with van der Waals surface area (Å²) in [6, 6.07) is 24.0. The number of fused-ring (bicyclic) bond motifs is 1. The van der Waals surface area contributed by atoms with Crippen molar-refractivity contribution in [3.63, 3.8) is 0 Å². The highest BCUT2D eigenvalue weighted by Crippen LogP contribution is 2.36. The monoisotopic (exact) mass is 669 g/mol. The van der Waals surface area contributed by atoms with Crippen molar-refractivity contribution in [1.29, 1.82) is 0 Å². The molecule has 236 valence electrons. The van der Waals surface area contributed by atoms with Crippen molar-refractivity contribution in [2.24, 2.45) is 4.99 Å². The lowest BCUT2D eigenvalue weighted by Crippen LogP contribution is -2.31. The molecule has 0 atom stereocenters. The standard InChI is InChI=1S/C34H25ClFN5O5S/c35-28-17-21(5-14-30(28)46-20-32(42)38-24-8-6-23(36)7-9-24)18-31-33(43)40(16-15-22-19-37-29-4-2-1-3-27(22)29)34(47-31)39-25-10-12-26(13-11-25)41(44)45/h1-14,17-19,37H,15-16,20H2,(H,38,42)/b31-18-,39-34?. The number of hydrogen-bond acceptors (Lipinski definition) is 7. The number of thioether (sulfide) groups is 1. The van der Waals surface area contributed by atoms with E-state index in [0.717, 1.165) is 16.5 Å². The minimum atomic E-state index is -0.483. The van der Waals surface area contributed by atoms with Gasteiger partial charge in [0.1, 0.15) is 11.6 Å². The number of H-pyrrole nitrogens is 1. The second-order valence-electron chi connectivity index (χ2n) is 10.4. The van der Waals surface area contributed by atoms with Crippen LogP contribution in [0.3, 0.4) is 0 Å². The number of nitro groups is 1. The third kappa shape index (κ3) is 7.51. The third-order valence-corrected chi connectivity index (χ3v) is 8.50. The second-order valence-corrected chi connectivity index (χ2v) is 11.8. The molecule has 0 aliphatic carbocycles. The number of aromatic nitrogens is 1. The fourth-order valence-corrected chi connectivity index (χ4v) is 6.14. The Balaban J connectivity index is 1.19. The van der Waals surface area contributed by atoms with E-state index >= 15 is 0 Å². The Labute approximate surface area is 277 Å². The number of anilines is 1. The van der Waals surface area contributed by atoms with Crippen molar-refractivity contribution in [2.75, 3.05) is 18.5 Å². The van der Waals surface area contributed by atoms with Gasteiger partial charge in [0.25, 0.3) is 17.5 Å². The number of benzene rings is 4. The molecule has 0 saturated carbocycles. The fraction of sp³-hybridized carbons (Fsp3) is 0.0882. The van der Waals surface area contributed by atoms with Gasteiger partial charge in [-0.25, -0.2) is 9.38 Å². The minimum Gasteiger partial charge on any atom is -0.482 e. The molecule has 4 aromatic carbocycles. The molecule has 6 rings (SSSR count). The molecule has 0 spiro atoms. The summed E-state index contributed by atoms with van der Waals surface area (Å²) in [5.41, 5.74) is 3.53. The van der Waals surface area contributed by atoms with Gasteiger partial charge in [-0.1, -0.05) is 35.9 Å². The maximum Gasteiger partial charge on any atom is 0.269 e. The Hall–Kier alpha value is -5.46. The summed E-state index contributed by atoms with van der Waals surface area (Å²) in [4.78, 5) is 46.5. The molecular formula is C34H25ClFN5O5S. The maximum absolute atomic E-state index is 13.7. The van der Waals surface area contributed by atoms with Crippen molar-refractivity contribution in [2.45, 2.75) is 6.42 Å². The first-order chi connectivity index (χ1) is 22.7. The Morgan fingerprint density at radius 2 is 1.85 bits per heavy atom. The first-order valence-electron chi connectivity index (χ1n) is 14.3. The van der Waals surface area contributed by atoms with Gasteiger partial charge in [-0.05, 0) is 90.0 Å². The Kier molecular flexibility index (Phi) is 9.32. The summed E-state index contributed by atoms with van der Waals surface area (Å²) in [6.07, 6.45) is 4.19. The van der Waals surface area contributed by atoms with Crippen LogP contribution in [0.2, 0.25) is 5.02 Å². The van der Waals surface area contributed by atoms with Gasteiger partial charge in [-0.2, -0.15) is 0 Å². The number of para-hydroxylation sites is 1. The minimum absolute atomic E-state index is 0.0568. The molecule has 10 nitrogen and oxygen atoms in total. The number of nitrogens with one attached hydrogen (secondary N) is 2. The highest BCUT2D eigenvalue weighted by Gasteiger charge is 2.33. The van der Waals surface area contributed by atoms with Crippen molar-refractivity contribution >= 4 is 74.4 Å². The molecule has 1 saturated heterocycles. The zero-order valence-electron chi connectivity index (χ0n) is 24.5. The number of rotatable bonds is 10. The Bertz CT molecular complexity index is 2050.